The predicted molar refractivity (Wildman–Crippen MR) is 118 cm³/mol. The molecule has 1 aromatic carbocycles. The van der Waals surface area contributed by atoms with Gasteiger partial charge in [0.15, 0.2) is 0 Å². The highest BCUT2D eigenvalue weighted by molar-refractivity contribution is 7.93. The van der Waals surface area contributed by atoms with E-state index in [1.165, 1.54) is 33.0 Å². The molecule has 2 aromatic heterocycles. The van der Waals surface area contributed by atoms with Crippen molar-refractivity contribution >= 4 is 43.1 Å². The van der Waals surface area contributed by atoms with E-state index in [-0.39, 0.29) is 5.75 Å². The molecule has 1 aliphatic heterocycles. The van der Waals surface area contributed by atoms with Crippen molar-refractivity contribution in [2.24, 2.45) is 0 Å². The van der Waals surface area contributed by atoms with Gasteiger partial charge in [-0.15, -0.1) is 11.3 Å². The second kappa shape index (κ2) is 7.25. The van der Waals surface area contributed by atoms with Gasteiger partial charge in [-0.1, -0.05) is 12.1 Å². The number of hydrogen-bond acceptors (Lipinski definition) is 6. The fourth-order valence-electron chi connectivity index (χ4n) is 4.33. The molecule has 0 unspecified atom stereocenters. The lowest BCUT2D eigenvalue weighted by Gasteiger charge is -2.18. The minimum Gasteiger partial charge on any atom is -0.365 e. The Morgan fingerprint density at radius 1 is 1.17 bits per heavy atom. The molecule has 1 aliphatic carbocycles. The molecule has 8 heteroatoms. The molecule has 3 aromatic rings. The molecule has 1 fully saturated rings. The van der Waals surface area contributed by atoms with Crippen molar-refractivity contribution in [1.29, 1.82) is 0 Å². The summed E-state index contributed by atoms with van der Waals surface area (Å²) in [6.45, 7) is 3.09. The third-order valence-corrected chi connectivity index (χ3v) is 8.74. The summed E-state index contributed by atoms with van der Waals surface area (Å²) < 4.78 is 26.0. The van der Waals surface area contributed by atoms with Crippen LogP contribution in [0.1, 0.15) is 41.1 Å². The summed E-state index contributed by atoms with van der Waals surface area (Å²) in [7, 11) is -3.17. The summed E-state index contributed by atoms with van der Waals surface area (Å²) in [4.78, 5) is 11.9. The summed E-state index contributed by atoms with van der Waals surface area (Å²) in [5, 5.41) is 4.68. The van der Waals surface area contributed by atoms with Gasteiger partial charge < -0.3 is 5.32 Å². The van der Waals surface area contributed by atoms with E-state index in [0.717, 1.165) is 40.6 Å². The monoisotopic (exact) mass is 428 g/mol. The minimum absolute atomic E-state index is 0.233. The Bertz CT molecular complexity index is 1190. The number of hydrogen-bond donors (Lipinski definition) is 1. The van der Waals surface area contributed by atoms with Crippen LogP contribution in [0.3, 0.4) is 0 Å². The van der Waals surface area contributed by atoms with Crippen LogP contribution in [0.5, 0.6) is 0 Å². The van der Waals surface area contributed by atoms with Crippen LogP contribution >= 0.6 is 11.3 Å². The number of rotatable bonds is 4. The zero-order valence-corrected chi connectivity index (χ0v) is 18.1. The average molecular weight is 429 g/mol. The Balaban J connectivity index is 1.44. The number of thiophene rings is 1. The Morgan fingerprint density at radius 3 is 2.86 bits per heavy atom. The molecule has 0 radical (unpaired) electrons. The normalized spacial score (nSPS) is 18.2. The highest BCUT2D eigenvalue weighted by Gasteiger charge is 2.28. The molecular weight excluding hydrogens is 404 g/mol. The summed E-state index contributed by atoms with van der Waals surface area (Å²) in [6.07, 6.45) is 5.39. The van der Waals surface area contributed by atoms with Gasteiger partial charge in [0, 0.05) is 18.0 Å². The van der Waals surface area contributed by atoms with Crippen LogP contribution in [-0.4, -0.2) is 30.7 Å². The molecule has 2 aliphatic rings. The van der Waals surface area contributed by atoms with Crippen molar-refractivity contribution in [1.82, 2.24) is 9.97 Å². The van der Waals surface area contributed by atoms with Crippen LogP contribution in [0.2, 0.25) is 0 Å². The molecule has 6 nitrogen and oxygen atoms in total. The van der Waals surface area contributed by atoms with Crippen molar-refractivity contribution in [2.45, 2.75) is 45.6 Å². The number of anilines is 2. The van der Waals surface area contributed by atoms with E-state index in [1.54, 1.807) is 11.3 Å². The van der Waals surface area contributed by atoms with Gasteiger partial charge in [-0.3, -0.25) is 4.31 Å². The van der Waals surface area contributed by atoms with Crippen molar-refractivity contribution in [3.05, 3.63) is 46.1 Å². The zero-order valence-electron chi connectivity index (χ0n) is 16.4. The number of fused-ring (bicyclic) bond motifs is 3. The third-order valence-electron chi connectivity index (χ3n) is 5.68. The minimum atomic E-state index is -3.17. The molecule has 1 N–H and O–H groups in total. The van der Waals surface area contributed by atoms with Crippen molar-refractivity contribution < 1.29 is 8.42 Å². The standard InChI is InChI=1S/C21H24N4O2S2/c1-14-23-20(19-17-8-2-3-9-18(17)28-21(19)24-14)22-13-15-6-4-7-16(12-15)25-10-5-11-29(25,26)27/h4,6-7,12H,2-3,5,8-11,13H2,1H3,(H,22,23,24). The summed E-state index contributed by atoms with van der Waals surface area (Å²) >= 11 is 1.80. The first-order chi connectivity index (χ1) is 14.0. The van der Waals surface area contributed by atoms with E-state index >= 15 is 0 Å². The lowest BCUT2D eigenvalue weighted by atomic mass is 9.97. The van der Waals surface area contributed by atoms with Gasteiger partial charge in [0.1, 0.15) is 16.5 Å². The maximum atomic E-state index is 12.2. The second-order valence-electron chi connectivity index (χ2n) is 7.78. The average Bonchev–Trinajstić information content (AvgIpc) is 3.25. The highest BCUT2D eigenvalue weighted by atomic mass is 32.2. The molecule has 0 amide bonds. The lowest BCUT2D eigenvalue weighted by Crippen LogP contribution is -2.25. The molecule has 0 spiro atoms. The number of nitrogens with zero attached hydrogens (tertiary/aromatic N) is 3. The molecular formula is C21H24N4O2S2. The molecule has 1 saturated heterocycles. The van der Waals surface area contributed by atoms with Crippen molar-refractivity contribution in [2.75, 3.05) is 21.9 Å². The Hall–Kier alpha value is -2.19. The number of nitrogens with one attached hydrogen (secondary N) is 1. The maximum absolute atomic E-state index is 12.2. The van der Waals surface area contributed by atoms with Gasteiger partial charge in [-0.2, -0.15) is 0 Å². The first kappa shape index (κ1) is 18.8. The van der Waals surface area contributed by atoms with Gasteiger partial charge in [0.05, 0.1) is 16.8 Å². The molecule has 0 bridgehead atoms. The van der Waals surface area contributed by atoms with Crippen LogP contribution < -0.4 is 9.62 Å². The topological polar surface area (TPSA) is 75.2 Å². The molecule has 0 atom stereocenters. The second-order valence-corrected chi connectivity index (χ2v) is 10.9. The van der Waals surface area contributed by atoms with Gasteiger partial charge in [-0.25, -0.2) is 18.4 Å². The largest absolute Gasteiger partial charge is 0.365 e. The van der Waals surface area contributed by atoms with E-state index < -0.39 is 10.0 Å². The van der Waals surface area contributed by atoms with Crippen molar-refractivity contribution in [3.8, 4) is 0 Å². The quantitative estimate of drug-likeness (QED) is 0.679. The highest BCUT2D eigenvalue weighted by Crippen LogP contribution is 2.38. The van der Waals surface area contributed by atoms with Crippen LogP contribution in [0.25, 0.3) is 10.2 Å². The molecule has 0 saturated carbocycles. The van der Waals surface area contributed by atoms with Gasteiger partial charge in [0.25, 0.3) is 0 Å². The summed E-state index contributed by atoms with van der Waals surface area (Å²) in [5.41, 5.74) is 3.20. The SMILES string of the molecule is Cc1nc(NCc2cccc(N3CCCS3(=O)=O)c2)c2c3c(sc2n1)CCCC3. The fourth-order valence-corrected chi connectivity index (χ4v) is 7.19. The Morgan fingerprint density at radius 2 is 2.03 bits per heavy atom. The van der Waals surface area contributed by atoms with Crippen LogP contribution in [0.15, 0.2) is 24.3 Å². The van der Waals surface area contributed by atoms with Crippen molar-refractivity contribution in [3.63, 3.8) is 0 Å². The zero-order chi connectivity index (χ0) is 20.0. The van der Waals surface area contributed by atoms with Gasteiger partial charge in [-0.05, 0) is 62.3 Å². The lowest BCUT2D eigenvalue weighted by molar-refractivity contribution is 0.599. The van der Waals surface area contributed by atoms with Crippen LogP contribution in [0, 0.1) is 6.92 Å². The Labute approximate surface area is 175 Å². The number of sulfonamides is 1. The molecule has 5 rings (SSSR count). The van der Waals surface area contributed by atoms with E-state index in [4.69, 9.17) is 4.98 Å². The van der Waals surface area contributed by atoms with Gasteiger partial charge >= 0.3 is 0 Å². The number of aryl methyl sites for hydroxylation is 3. The fraction of sp³-hybridized carbons (Fsp3) is 0.429. The molecule has 29 heavy (non-hydrogen) atoms. The smallest absolute Gasteiger partial charge is 0.235 e. The number of aromatic nitrogens is 2. The van der Waals surface area contributed by atoms with E-state index in [2.05, 4.69) is 10.3 Å². The first-order valence-corrected chi connectivity index (χ1v) is 12.6. The van der Waals surface area contributed by atoms with E-state index in [9.17, 15) is 8.42 Å². The molecule has 3 heterocycles. The third kappa shape index (κ3) is 3.48. The molecule has 152 valence electrons. The maximum Gasteiger partial charge on any atom is 0.235 e. The summed E-state index contributed by atoms with van der Waals surface area (Å²) in [6, 6.07) is 7.78. The summed E-state index contributed by atoms with van der Waals surface area (Å²) in [5.74, 6) is 1.90. The van der Waals surface area contributed by atoms with Crippen LogP contribution in [0.4, 0.5) is 11.5 Å². The van der Waals surface area contributed by atoms with Crippen LogP contribution in [-0.2, 0) is 29.4 Å². The first-order valence-electron chi connectivity index (χ1n) is 10.1. The van der Waals surface area contributed by atoms with E-state index in [1.807, 2.05) is 31.2 Å². The predicted octanol–water partition coefficient (Wildman–Crippen LogP) is 4.03. The Kier molecular flexibility index (Phi) is 4.70. The van der Waals surface area contributed by atoms with Gasteiger partial charge in [0.2, 0.25) is 10.0 Å². The van der Waals surface area contributed by atoms with E-state index in [0.29, 0.717) is 19.5 Å². The number of benzene rings is 1.